The van der Waals surface area contributed by atoms with Crippen molar-refractivity contribution < 1.29 is 4.74 Å². The summed E-state index contributed by atoms with van der Waals surface area (Å²) >= 11 is 1.59. The zero-order chi connectivity index (χ0) is 18.8. The lowest BCUT2D eigenvalue weighted by Crippen LogP contribution is -2.25. The third-order valence-corrected chi connectivity index (χ3v) is 4.93. The molecule has 0 radical (unpaired) electrons. The average Bonchev–Trinajstić information content (AvgIpc) is 3.29. The molecule has 0 atom stereocenters. The number of fused-ring (bicyclic) bond motifs is 1. The van der Waals surface area contributed by atoms with Crippen molar-refractivity contribution in [3.8, 4) is 0 Å². The summed E-state index contributed by atoms with van der Waals surface area (Å²) < 4.78 is 8.40. The number of aryl methyl sites for hydroxylation is 1. The van der Waals surface area contributed by atoms with Crippen LogP contribution >= 0.6 is 11.8 Å². The van der Waals surface area contributed by atoms with E-state index in [4.69, 9.17) is 10.5 Å². The summed E-state index contributed by atoms with van der Waals surface area (Å²) in [4.78, 5) is 18.9. The van der Waals surface area contributed by atoms with Gasteiger partial charge in [0.15, 0.2) is 0 Å². The van der Waals surface area contributed by atoms with Gasteiger partial charge in [0.25, 0.3) is 5.56 Å². The first-order valence-corrected chi connectivity index (χ1v) is 9.20. The fourth-order valence-electron chi connectivity index (χ4n) is 2.75. The Kier molecular flexibility index (Phi) is 4.68. The maximum Gasteiger partial charge on any atom is 0.274 e. The van der Waals surface area contributed by atoms with Crippen molar-refractivity contribution in [2.45, 2.75) is 16.3 Å². The smallest absolute Gasteiger partial charge is 0.274 e. The second-order valence-electron chi connectivity index (χ2n) is 6.10. The molecule has 0 amide bonds. The summed E-state index contributed by atoms with van der Waals surface area (Å²) in [5.74, 6) is 0.499. The van der Waals surface area contributed by atoms with Gasteiger partial charge in [-0.25, -0.2) is 9.67 Å². The van der Waals surface area contributed by atoms with E-state index in [1.807, 2.05) is 31.4 Å². The Labute approximate surface area is 159 Å². The molecule has 3 aromatic rings. The molecule has 0 aliphatic carbocycles. The van der Waals surface area contributed by atoms with Crippen molar-refractivity contribution in [3.05, 3.63) is 58.9 Å². The van der Waals surface area contributed by atoms with E-state index in [0.29, 0.717) is 30.1 Å². The number of nitrogens with two attached hydrogens (primary N) is 1. The fourth-order valence-corrected chi connectivity index (χ4v) is 3.64. The Morgan fingerprint density at radius 1 is 1.33 bits per heavy atom. The molecule has 0 unspecified atom stereocenters. The van der Waals surface area contributed by atoms with E-state index in [2.05, 4.69) is 15.2 Å². The molecule has 1 aromatic carbocycles. The molecule has 2 aromatic heterocycles. The molecule has 27 heavy (non-hydrogen) atoms. The standard InChI is InChI=1S/C18H18N6O2S/c1-23-11-15(9-21-23)27-14-2-3-16-12(6-14)8-22-24(18(16)25)10-13(19)7-17-20-4-5-26-17/h2-3,6-9,11H,4-5,10,19H2,1H3/b13-7-. The van der Waals surface area contributed by atoms with Gasteiger partial charge >= 0.3 is 0 Å². The van der Waals surface area contributed by atoms with Crippen LogP contribution in [0.5, 0.6) is 0 Å². The number of benzene rings is 1. The van der Waals surface area contributed by atoms with Crippen LogP contribution in [0, 0.1) is 0 Å². The molecule has 1 aliphatic rings. The minimum absolute atomic E-state index is 0.184. The summed E-state index contributed by atoms with van der Waals surface area (Å²) in [5, 5.41) is 9.80. The van der Waals surface area contributed by atoms with Crippen molar-refractivity contribution in [2.24, 2.45) is 17.8 Å². The molecule has 138 valence electrons. The fraction of sp³-hybridized carbons (Fsp3) is 0.222. The number of nitrogens with zero attached hydrogens (tertiary/aromatic N) is 5. The monoisotopic (exact) mass is 382 g/mol. The number of hydrogen-bond acceptors (Lipinski definition) is 7. The van der Waals surface area contributed by atoms with Crippen molar-refractivity contribution in [1.29, 1.82) is 0 Å². The van der Waals surface area contributed by atoms with E-state index < -0.39 is 0 Å². The first-order chi connectivity index (χ1) is 13.1. The molecular weight excluding hydrogens is 364 g/mol. The van der Waals surface area contributed by atoms with Crippen LogP contribution in [0.25, 0.3) is 10.8 Å². The molecular formula is C18H18N6O2S. The highest BCUT2D eigenvalue weighted by atomic mass is 32.2. The number of allylic oxidation sites excluding steroid dienone is 1. The highest BCUT2D eigenvalue weighted by Gasteiger charge is 2.09. The Hall–Kier alpha value is -3.07. The quantitative estimate of drug-likeness (QED) is 0.719. The van der Waals surface area contributed by atoms with Crippen LogP contribution in [0.15, 0.2) is 68.1 Å². The van der Waals surface area contributed by atoms with Gasteiger partial charge in [-0.1, -0.05) is 11.8 Å². The molecule has 3 heterocycles. The van der Waals surface area contributed by atoms with Crippen LogP contribution in [-0.2, 0) is 18.3 Å². The third kappa shape index (κ3) is 3.87. The van der Waals surface area contributed by atoms with Crippen LogP contribution in [-0.4, -0.2) is 38.6 Å². The van der Waals surface area contributed by atoms with Gasteiger partial charge in [-0.05, 0) is 18.2 Å². The Bertz CT molecular complexity index is 1110. The Balaban J connectivity index is 1.58. The van der Waals surface area contributed by atoms with E-state index in [9.17, 15) is 4.79 Å². The molecule has 1 aliphatic heterocycles. The molecule has 8 nitrogen and oxygen atoms in total. The summed E-state index contributed by atoms with van der Waals surface area (Å²) in [6, 6.07) is 5.69. The molecule has 2 N–H and O–H groups in total. The maximum atomic E-state index is 12.7. The van der Waals surface area contributed by atoms with E-state index in [1.165, 1.54) is 4.68 Å². The maximum absolute atomic E-state index is 12.7. The molecule has 4 rings (SSSR count). The molecule has 9 heteroatoms. The minimum Gasteiger partial charge on any atom is -0.476 e. The topological polar surface area (TPSA) is 100 Å². The lowest BCUT2D eigenvalue weighted by Gasteiger charge is -2.07. The second-order valence-corrected chi connectivity index (χ2v) is 7.24. The number of hydrogen-bond donors (Lipinski definition) is 1. The number of aliphatic imine (C=N–C) groups is 1. The summed E-state index contributed by atoms with van der Waals surface area (Å²) in [7, 11) is 1.88. The van der Waals surface area contributed by atoms with Crippen LogP contribution in [0.1, 0.15) is 0 Å². The zero-order valence-corrected chi connectivity index (χ0v) is 15.5. The van der Waals surface area contributed by atoms with Gasteiger partial charge in [0.05, 0.1) is 35.8 Å². The van der Waals surface area contributed by atoms with Crippen LogP contribution in [0.2, 0.25) is 0 Å². The normalized spacial score (nSPS) is 14.4. The molecule has 0 fully saturated rings. The van der Waals surface area contributed by atoms with Crippen LogP contribution in [0.3, 0.4) is 0 Å². The lowest BCUT2D eigenvalue weighted by molar-refractivity contribution is 0.349. The molecule has 0 saturated carbocycles. The summed E-state index contributed by atoms with van der Waals surface area (Å²) in [5.41, 5.74) is 6.28. The highest BCUT2D eigenvalue weighted by molar-refractivity contribution is 7.99. The van der Waals surface area contributed by atoms with Crippen LogP contribution < -0.4 is 11.3 Å². The van der Waals surface area contributed by atoms with Crippen molar-refractivity contribution in [1.82, 2.24) is 19.6 Å². The van der Waals surface area contributed by atoms with Gasteiger partial charge in [-0.2, -0.15) is 10.2 Å². The Morgan fingerprint density at radius 3 is 2.96 bits per heavy atom. The highest BCUT2D eigenvalue weighted by Crippen LogP contribution is 2.28. The number of rotatable bonds is 5. The van der Waals surface area contributed by atoms with Crippen molar-refractivity contribution >= 4 is 28.4 Å². The molecule has 0 saturated heterocycles. The van der Waals surface area contributed by atoms with E-state index >= 15 is 0 Å². The average molecular weight is 382 g/mol. The molecule has 0 spiro atoms. The summed E-state index contributed by atoms with van der Waals surface area (Å²) in [6.45, 7) is 1.38. The molecule has 0 bridgehead atoms. The van der Waals surface area contributed by atoms with Gasteiger partial charge in [0.2, 0.25) is 5.90 Å². The van der Waals surface area contributed by atoms with Crippen molar-refractivity contribution in [2.75, 3.05) is 13.2 Å². The van der Waals surface area contributed by atoms with Gasteiger partial charge in [0, 0.05) is 35.3 Å². The van der Waals surface area contributed by atoms with Gasteiger partial charge < -0.3 is 10.5 Å². The first-order valence-electron chi connectivity index (χ1n) is 8.38. The van der Waals surface area contributed by atoms with Gasteiger partial charge in [0.1, 0.15) is 6.61 Å². The van der Waals surface area contributed by atoms with Crippen LogP contribution in [0.4, 0.5) is 0 Å². The van der Waals surface area contributed by atoms with Gasteiger partial charge in [-0.3, -0.25) is 9.48 Å². The number of ether oxygens (including phenoxy) is 1. The van der Waals surface area contributed by atoms with E-state index in [-0.39, 0.29) is 12.1 Å². The minimum atomic E-state index is -0.184. The predicted octanol–water partition coefficient (Wildman–Crippen LogP) is 1.55. The second kappa shape index (κ2) is 7.28. The third-order valence-electron chi connectivity index (χ3n) is 3.99. The SMILES string of the molecule is Cn1cc(Sc2ccc3c(=O)n(C/C(N)=C/C4=NCCO4)ncc3c2)cn1. The van der Waals surface area contributed by atoms with E-state index in [0.717, 1.165) is 15.2 Å². The lowest BCUT2D eigenvalue weighted by atomic mass is 10.2. The first kappa shape index (κ1) is 17.3. The summed E-state index contributed by atoms with van der Waals surface area (Å²) in [6.07, 6.45) is 7.07. The largest absolute Gasteiger partial charge is 0.476 e. The number of aromatic nitrogens is 4. The van der Waals surface area contributed by atoms with E-state index in [1.54, 1.807) is 34.9 Å². The predicted molar refractivity (Wildman–Crippen MR) is 104 cm³/mol. The van der Waals surface area contributed by atoms with Crippen molar-refractivity contribution in [3.63, 3.8) is 0 Å². The van der Waals surface area contributed by atoms with Gasteiger partial charge in [-0.15, -0.1) is 0 Å². The Morgan fingerprint density at radius 2 is 2.22 bits per heavy atom. The zero-order valence-electron chi connectivity index (χ0n) is 14.7.